The first-order valence-electron chi connectivity index (χ1n) is 8.44. The molecule has 0 amide bonds. The standard InChI is InChI=1S/C10H16N.C10H15.Zr/c1-4-10(11(2)3)9-7-5-6-8-9;1-7-6-10(4,5)9(3)8(7)2;/h5,7,10H,4,6H2,1-3H3;1-5H3;. The third-order valence-corrected chi connectivity index (χ3v) is 10.7. The van der Waals surface area contributed by atoms with Crippen molar-refractivity contribution >= 4 is 0 Å². The molecule has 0 aliphatic heterocycles. The fourth-order valence-corrected chi connectivity index (χ4v) is 8.22. The van der Waals surface area contributed by atoms with Crippen LogP contribution in [0.2, 0.25) is 0 Å². The summed E-state index contributed by atoms with van der Waals surface area (Å²) in [6.45, 7) is 14.2. The van der Waals surface area contributed by atoms with Gasteiger partial charge in [0.05, 0.1) is 0 Å². The molecule has 0 heterocycles. The molecule has 120 valence electrons. The van der Waals surface area contributed by atoms with Gasteiger partial charge in [-0.2, -0.15) is 0 Å². The van der Waals surface area contributed by atoms with Gasteiger partial charge in [-0.25, -0.2) is 0 Å². The maximum atomic E-state index is 2.43. The monoisotopic (exact) mass is 375 g/mol. The predicted octanol–water partition coefficient (Wildman–Crippen LogP) is 5.27. The van der Waals surface area contributed by atoms with Crippen LogP contribution in [-0.2, 0) is 23.2 Å². The van der Waals surface area contributed by atoms with Crippen LogP contribution in [0.25, 0.3) is 0 Å². The van der Waals surface area contributed by atoms with Crippen molar-refractivity contribution in [1.29, 1.82) is 0 Å². The molecule has 22 heavy (non-hydrogen) atoms. The third-order valence-electron chi connectivity index (χ3n) is 5.68. The summed E-state index contributed by atoms with van der Waals surface area (Å²) in [4.78, 5) is 2.39. The summed E-state index contributed by atoms with van der Waals surface area (Å²) in [5.74, 6) is 0. The number of rotatable bonds is 5. The Morgan fingerprint density at radius 2 is 1.82 bits per heavy atom. The number of nitrogens with zero attached hydrogens (tertiary/aromatic N) is 1. The second-order valence-corrected chi connectivity index (χ2v) is 10.8. The van der Waals surface area contributed by atoms with Gasteiger partial charge in [0.2, 0.25) is 0 Å². The summed E-state index contributed by atoms with van der Waals surface area (Å²) in [5, 5.41) is 0. The van der Waals surface area contributed by atoms with E-state index in [1.54, 1.807) is 28.9 Å². The summed E-state index contributed by atoms with van der Waals surface area (Å²) < 4.78 is 3.60. The topological polar surface area (TPSA) is 3.24 Å². The van der Waals surface area contributed by atoms with Gasteiger partial charge in [-0.1, -0.05) is 0 Å². The molecule has 2 aliphatic rings. The first-order chi connectivity index (χ1) is 10.2. The van der Waals surface area contributed by atoms with E-state index in [1.165, 1.54) is 12.8 Å². The fraction of sp³-hybridized carbons (Fsp3) is 0.600. The SMILES string of the molecule is CCC(C1=[C]([Zr][C]2=C(C)C(C)=C(C)C2(C)C)CC=C1)N(C)C. The third kappa shape index (κ3) is 3.06. The van der Waals surface area contributed by atoms with Crippen LogP contribution in [0.1, 0.15) is 54.4 Å². The fourth-order valence-electron chi connectivity index (χ4n) is 3.82. The molecule has 0 bridgehead atoms. The Bertz CT molecular complexity index is 585. The molecule has 0 fully saturated rings. The molecular weight excluding hydrogens is 345 g/mol. The molecule has 0 aromatic heterocycles. The van der Waals surface area contributed by atoms with Crippen LogP contribution in [0, 0.1) is 5.41 Å². The van der Waals surface area contributed by atoms with Gasteiger partial charge >= 0.3 is 149 Å². The van der Waals surface area contributed by atoms with Gasteiger partial charge in [0, 0.05) is 0 Å². The van der Waals surface area contributed by atoms with Gasteiger partial charge in [-0.3, -0.25) is 0 Å². The van der Waals surface area contributed by atoms with E-state index < -0.39 is 23.2 Å². The minimum atomic E-state index is -0.689. The van der Waals surface area contributed by atoms with Crippen LogP contribution in [0.15, 0.2) is 41.0 Å². The Labute approximate surface area is 148 Å². The van der Waals surface area contributed by atoms with Crippen LogP contribution in [0.4, 0.5) is 0 Å². The average Bonchev–Trinajstić information content (AvgIpc) is 2.95. The molecule has 0 aromatic rings. The zero-order valence-electron chi connectivity index (χ0n) is 15.6. The first kappa shape index (κ1) is 18.1. The van der Waals surface area contributed by atoms with Gasteiger partial charge in [-0.05, 0) is 0 Å². The second kappa shape index (κ2) is 6.74. The summed E-state index contributed by atoms with van der Waals surface area (Å²) in [6, 6.07) is 0.593. The van der Waals surface area contributed by atoms with Crippen molar-refractivity contribution in [3.63, 3.8) is 0 Å². The van der Waals surface area contributed by atoms with Crippen molar-refractivity contribution in [3.8, 4) is 0 Å². The van der Waals surface area contributed by atoms with Crippen molar-refractivity contribution < 1.29 is 23.2 Å². The molecule has 0 saturated carbocycles. The molecule has 0 radical (unpaired) electrons. The van der Waals surface area contributed by atoms with Gasteiger partial charge in [0.25, 0.3) is 0 Å². The van der Waals surface area contributed by atoms with E-state index in [0.29, 0.717) is 11.5 Å². The molecule has 1 unspecified atom stereocenters. The zero-order valence-corrected chi connectivity index (χ0v) is 18.1. The van der Waals surface area contributed by atoms with E-state index >= 15 is 0 Å². The Balaban J connectivity index is 2.35. The predicted molar refractivity (Wildman–Crippen MR) is 93.4 cm³/mol. The number of allylic oxidation sites excluding steroid dienone is 6. The summed E-state index contributed by atoms with van der Waals surface area (Å²) in [5.41, 5.74) is 6.67. The first-order valence-corrected chi connectivity index (χ1v) is 10.9. The normalized spacial score (nSPS) is 22.4. The Hall–Kier alpha value is -0.197. The summed E-state index contributed by atoms with van der Waals surface area (Å²) >= 11 is -0.689. The van der Waals surface area contributed by atoms with Crippen LogP contribution in [0.3, 0.4) is 0 Å². The van der Waals surface area contributed by atoms with Crippen molar-refractivity contribution in [2.24, 2.45) is 5.41 Å². The Morgan fingerprint density at radius 1 is 1.18 bits per heavy atom. The average molecular weight is 377 g/mol. The number of likely N-dealkylation sites (N-methyl/N-ethyl adjacent to an activating group) is 1. The van der Waals surface area contributed by atoms with E-state index in [0.717, 1.165) is 0 Å². The van der Waals surface area contributed by atoms with Crippen molar-refractivity contribution in [1.82, 2.24) is 4.90 Å². The van der Waals surface area contributed by atoms with Gasteiger partial charge in [0.15, 0.2) is 0 Å². The Kier molecular flexibility index (Phi) is 5.56. The quantitative estimate of drug-likeness (QED) is 0.631. The van der Waals surface area contributed by atoms with E-state index in [1.807, 2.05) is 0 Å². The number of hydrogen-bond acceptors (Lipinski definition) is 1. The van der Waals surface area contributed by atoms with Gasteiger partial charge in [0.1, 0.15) is 0 Å². The molecule has 2 heteroatoms. The molecule has 2 aliphatic carbocycles. The van der Waals surface area contributed by atoms with Crippen molar-refractivity contribution in [3.05, 3.63) is 41.0 Å². The molecule has 2 rings (SSSR count). The molecule has 0 spiro atoms. The van der Waals surface area contributed by atoms with Crippen molar-refractivity contribution in [2.45, 2.75) is 60.4 Å². The molecule has 1 nitrogen and oxygen atoms in total. The van der Waals surface area contributed by atoms with E-state index in [9.17, 15) is 0 Å². The van der Waals surface area contributed by atoms with Crippen LogP contribution in [0.5, 0.6) is 0 Å². The number of hydrogen-bond donors (Lipinski definition) is 0. The molecule has 0 N–H and O–H groups in total. The molecule has 1 atom stereocenters. The molecule has 0 saturated heterocycles. The summed E-state index contributed by atoms with van der Waals surface area (Å²) in [6.07, 6.45) is 7.21. The van der Waals surface area contributed by atoms with Crippen molar-refractivity contribution in [2.75, 3.05) is 14.1 Å². The van der Waals surface area contributed by atoms with E-state index in [2.05, 4.69) is 72.7 Å². The van der Waals surface area contributed by atoms with Crippen LogP contribution >= 0.6 is 0 Å². The van der Waals surface area contributed by atoms with Gasteiger partial charge < -0.3 is 0 Å². The van der Waals surface area contributed by atoms with Gasteiger partial charge in [-0.15, -0.1) is 0 Å². The van der Waals surface area contributed by atoms with Crippen LogP contribution in [-0.4, -0.2) is 25.0 Å². The van der Waals surface area contributed by atoms with E-state index in [-0.39, 0.29) is 0 Å². The molecular formula is C20H31NZr. The van der Waals surface area contributed by atoms with E-state index in [4.69, 9.17) is 0 Å². The minimum absolute atomic E-state index is 0.293. The Morgan fingerprint density at radius 3 is 2.27 bits per heavy atom. The second-order valence-electron chi connectivity index (χ2n) is 7.43. The zero-order chi connectivity index (χ0) is 16.7. The maximum absolute atomic E-state index is 2.43. The van der Waals surface area contributed by atoms with Crippen LogP contribution < -0.4 is 0 Å². The molecule has 0 aromatic carbocycles. The summed E-state index contributed by atoms with van der Waals surface area (Å²) in [7, 11) is 4.44.